The Morgan fingerprint density at radius 2 is 1.95 bits per heavy atom. The molecule has 0 fully saturated rings. The second-order valence-corrected chi connectivity index (χ2v) is 5.72. The van der Waals surface area contributed by atoms with Crippen LogP contribution in [-0.2, 0) is 0 Å². The lowest BCUT2D eigenvalue weighted by Gasteiger charge is -2.18. The highest BCUT2D eigenvalue weighted by molar-refractivity contribution is 9.10. The lowest BCUT2D eigenvalue weighted by Crippen LogP contribution is -2.07. The Balaban J connectivity index is 2.22. The molecule has 2 aromatic rings. The van der Waals surface area contributed by atoms with Gasteiger partial charge < -0.3 is 5.32 Å². The van der Waals surface area contributed by atoms with Crippen molar-refractivity contribution < 1.29 is 9.31 Å². The Bertz CT molecular complexity index is 656. The van der Waals surface area contributed by atoms with Gasteiger partial charge in [-0.1, -0.05) is 23.7 Å². The van der Waals surface area contributed by atoms with Gasteiger partial charge in [-0.3, -0.25) is 10.1 Å². The molecule has 7 heteroatoms. The summed E-state index contributed by atoms with van der Waals surface area (Å²) in [5, 5.41) is 14.0. The van der Waals surface area contributed by atoms with Crippen LogP contribution in [0, 0.1) is 15.9 Å². The molecule has 0 amide bonds. The van der Waals surface area contributed by atoms with Crippen LogP contribution in [0.1, 0.15) is 18.5 Å². The minimum absolute atomic E-state index is 0.0342. The Morgan fingerprint density at radius 3 is 2.48 bits per heavy atom. The first-order chi connectivity index (χ1) is 9.88. The molecule has 1 unspecified atom stereocenters. The predicted octanol–water partition coefficient (Wildman–Crippen LogP) is 5.32. The normalized spacial score (nSPS) is 12.0. The third-order valence-electron chi connectivity index (χ3n) is 2.97. The summed E-state index contributed by atoms with van der Waals surface area (Å²) in [6.45, 7) is 1.88. The third kappa shape index (κ3) is 3.71. The number of rotatable bonds is 4. The van der Waals surface area contributed by atoms with E-state index in [9.17, 15) is 14.5 Å². The van der Waals surface area contributed by atoms with Crippen LogP contribution in [0.3, 0.4) is 0 Å². The molecule has 4 nitrogen and oxygen atoms in total. The molecule has 0 aliphatic carbocycles. The second-order valence-electron chi connectivity index (χ2n) is 4.46. The zero-order chi connectivity index (χ0) is 15.6. The van der Waals surface area contributed by atoms with E-state index in [2.05, 4.69) is 21.2 Å². The van der Waals surface area contributed by atoms with E-state index in [1.165, 1.54) is 24.3 Å². The van der Waals surface area contributed by atoms with Crippen molar-refractivity contribution in [3.63, 3.8) is 0 Å². The fraction of sp³-hybridized carbons (Fsp3) is 0.143. The van der Waals surface area contributed by atoms with Gasteiger partial charge in [-0.15, -0.1) is 0 Å². The summed E-state index contributed by atoms with van der Waals surface area (Å²) in [4.78, 5) is 10.2. The molecule has 0 heterocycles. The maximum atomic E-state index is 13.2. The van der Waals surface area contributed by atoms with Crippen molar-refractivity contribution in [2.24, 2.45) is 0 Å². The summed E-state index contributed by atoms with van der Waals surface area (Å²) in [5.41, 5.74) is 1.46. The number of nitro benzene ring substituents is 1. The zero-order valence-electron chi connectivity index (χ0n) is 10.9. The Kier molecular flexibility index (Phi) is 4.80. The van der Waals surface area contributed by atoms with Crippen molar-refractivity contribution >= 4 is 38.9 Å². The highest BCUT2D eigenvalue weighted by Gasteiger charge is 2.13. The third-order valence-corrected chi connectivity index (χ3v) is 3.90. The van der Waals surface area contributed by atoms with Gasteiger partial charge in [0, 0.05) is 22.6 Å². The largest absolute Gasteiger partial charge is 0.376 e. The molecule has 0 radical (unpaired) electrons. The van der Waals surface area contributed by atoms with E-state index in [1.54, 1.807) is 12.1 Å². The van der Waals surface area contributed by atoms with Gasteiger partial charge in [0.15, 0.2) is 0 Å². The predicted molar refractivity (Wildman–Crippen MR) is 84.2 cm³/mol. The molecule has 0 aromatic heterocycles. The fourth-order valence-electron chi connectivity index (χ4n) is 1.86. The van der Waals surface area contributed by atoms with E-state index < -0.39 is 10.7 Å². The number of non-ortho nitro benzene ring substituents is 1. The van der Waals surface area contributed by atoms with Crippen LogP contribution in [0.25, 0.3) is 0 Å². The van der Waals surface area contributed by atoms with E-state index in [1.807, 2.05) is 6.92 Å². The number of hydrogen-bond acceptors (Lipinski definition) is 3. The SMILES string of the molecule is CC(Nc1c(Cl)cc(F)cc1Br)c1ccc([N+](=O)[O-])cc1. The number of nitrogens with one attached hydrogen (secondary N) is 1. The minimum Gasteiger partial charge on any atom is -0.376 e. The summed E-state index contributed by atoms with van der Waals surface area (Å²) in [5.74, 6) is -0.430. The Labute approximate surface area is 134 Å². The molecular weight excluding hydrogens is 363 g/mol. The van der Waals surface area contributed by atoms with E-state index in [-0.39, 0.29) is 16.8 Å². The molecule has 1 atom stereocenters. The average Bonchev–Trinajstić information content (AvgIpc) is 2.42. The second kappa shape index (κ2) is 6.41. The standard InChI is InChI=1S/C14H11BrClFN2O2/c1-8(9-2-4-11(5-3-9)19(20)21)18-14-12(15)6-10(17)7-13(14)16/h2-8,18H,1H3. The van der Waals surface area contributed by atoms with Crippen LogP contribution in [0.4, 0.5) is 15.8 Å². The van der Waals surface area contributed by atoms with Crippen molar-refractivity contribution in [1.29, 1.82) is 0 Å². The first kappa shape index (κ1) is 15.7. The molecule has 1 N–H and O–H groups in total. The summed E-state index contributed by atoms with van der Waals surface area (Å²) < 4.78 is 13.7. The van der Waals surface area contributed by atoms with Crippen molar-refractivity contribution in [2.45, 2.75) is 13.0 Å². The van der Waals surface area contributed by atoms with Crippen LogP contribution >= 0.6 is 27.5 Å². The molecule has 0 saturated heterocycles. The topological polar surface area (TPSA) is 55.2 Å². The van der Waals surface area contributed by atoms with Gasteiger partial charge in [0.05, 0.1) is 15.6 Å². The Hall–Kier alpha value is -1.66. The van der Waals surface area contributed by atoms with Crippen LogP contribution in [-0.4, -0.2) is 4.92 Å². The first-order valence-corrected chi connectivity index (χ1v) is 7.21. The summed E-state index contributed by atoms with van der Waals surface area (Å²) in [7, 11) is 0. The van der Waals surface area contributed by atoms with Gasteiger partial charge in [0.2, 0.25) is 0 Å². The van der Waals surface area contributed by atoms with E-state index in [4.69, 9.17) is 11.6 Å². The fourth-order valence-corrected chi connectivity index (χ4v) is 2.79. The highest BCUT2D eigenvalue weighted by atomic mass is 79.9. The average molecular weight is 374 g/mol. The number of hydrogen-bond donors (Lipinski definition) is 1. The van der Waals surface area contributed by atoms with Gasteiger partial charge in [-0.25, -0.2) is 4.39 Å². The number of nitrogens with zero attached hydrogens (tertiary/aromatic N) is 1. The molecule has 2 rings (SSSR count). The molecule has 110 valence electrons. The highest BCUT2D eigenvalue weighted by Crippen LogP contribution is 2.34. The van der Waals surface area contributed by atoms with E-state index in [0.717, 1.165) is 5.56 Å². The minimum atomic E-state index is -0.449. The van der Waals surface area contributed by atoms with Crippen molar-refractivity contribution in [2.75, 3.05) is 5.32 Å². The quantitative estimate of drug-likeness (QED) is 0.582. The maximum absolute atomic E-state index is 13.2. The van der Waals surface area contributed by atoms with Crippen LogP contribution in [0.15, 0.2) is 40.9 Å². The lowest BCUT2D eigenvalue weighted by molar-refractivity contribution is -0.384. The first-order valence-electron chi connectivity index (χ1n) is 6.04. The number of anilines is 1. The zero-order valence-corrected chi connectivity index (χ0v) is 13.3. The number of benzene rings is 2. The van der Waals surface area contributed by atoms with Gasteiger partial charge in [-0.05, 0) is 40.5 Å². The molecule has 0 aliphatic heterocycles. The summed E-state index contributed by atoms with van der Waals surface area (Å²) in [6.07, 6.45) is 0. The summed E-state index contributed by atoms with van der Waals surface area (Å²) >= 11 is 9.26. The molecule has 0 saturated carbocycles. The monoisotopic (exact) mass is 372 g/mol. The summed E-state index contributed by atoms with van der Waals surface area (Å²) in [6, 6.07) is 8.60. The molecule has 21 heavy (non-hydrogen) atoms. The van der Waals surface area contributed by atoms with Gasteiger partial charge in [0.1, 0.15) is 5.82 Å². The molecule has 0 spiro atoms. The van der Waals surface area contributed by atoms with Gasteiger partial charge in [-0.2, -0.15) is 0 Å². The van der Waals surface area contributed by atoms with Crippen LogP contribution < -0.4 is 5.32 Å². The number of halogens is 3. The molecular formula is C14H11BrClFN2O2. The van der Waals surface area contributed by atoms with Crippen molar-refractivity contribution in [3.05, 3.63) is 67.4 Å². The van der Waals surface area contributed by atoms with E-state index in [0.29, 0.717) is 10.2 Å². The van der Waals surface area contributed by atoms with Gasteiger partial charge >= 0.3 is 0 Å². The molecule has 0 bridgehead atoms. The smallest absolute Gasteiger partial charge is 0.269 e. The molecule has 0 aliphatic rings. The van der Waals surface area contributed by atoms with Gasteiger partial charge in [0.25, 0.3) is 5.69 Å². The van der Waals surface area contributed by atoms with Crippen LogP contribution in [0.5, 0.6) is 0 Å². The maximum Gasteiger partial charge on any atom is 0.269 e. The molecule has 2 aromatic carbocycles. The lowest BCUT2D eigenvalue weighted by atomic mass is 10.1. The number of nitro groups is 1. The Morgan fingerprint density at radius 1 is 1.33 bits per heavy atom. The van der Waals surface area contributed by atoms with Crippen molar-refractivity contribution in [3.8, 4) is 0 Å². The van der Waals surface area contributed by atoms with Crippen LogP contribution in [0.2, 0.25) is 5.02 Å². The van der Waals surface area contributed by atoms with E-state index >= 15 is 0 Å². The van der Waals surface area contributed by atoms with Crippen molar-refractivity contribution in [1.82, 2.24) is 0 Å².